The lowest BCUT2D eigenvalue weighted by molar-refractivity contribution is -0.120. The number of furan rings is 1. The molecule has 1 fully saturated rings. The number of fused-ring (bicyclic) bond motifs is 2. The van der Waals surface area contributed by atoms with E-state index in [1.807, 2.05) is 0 Å². The number of carbonyl (C=O) groups excluding carboxylic acids is 1. The number of thiophene rings is 1. The molecule has 1 amide bonds. The number of nitrogens with zero attached hydrogens (tertiary/aromatic N) is 1. The van der Waals surface area contributed by atoms with E-state index in [9.17, 15) is 4.79 Å². The van der Waals surface area contributed by atoms with E-state index in [4.69, 9.17) is 9.15 Å². The van der Waals surface area contributed by atoms with E-state index in [0.717, 1.165) is 55.7 Å². The minimum absolute atomic E-state index is 0.0445. The number of hydrogen-bond acceptors (Lipinski definition) is 5. The van der Waals surface area contributed by atoms with Gasteiger partial charge in [0.15, 0.2) is 0 Å². The number of nitrogens with one attached hydrogen (secondary N) is 1. The number of amides is 1. The van der Waals surface area contributed by atoms with Crippen LogP contribution in [0.15, 0.2) is 40.3 Å². The maximum Gasteiger partial charge on any atom is 0.224 e. The molecular formula is C23H26N2O3S. The fourth-order valence-electron chi connectivity index (χ4n) is 4.51. The summed E-state index contributed by atoms with van der Waals surface area (Å²) in [7, 11) is 0. The highest BCUT2D eigenvalue weighted by atomic mass is 32.1. The fourth-order valence-corrected chi connectivity index (χ4v) is 5.37. The summed E-state index contributed by atoms with van der Waals surface area (Å²) in [6.07, 6.45) is 5.57. The average Bonchev–Trinajstić information content (AvgIpc) is 3.49. The van der Waals surface area contributed by atoms with E-state index in [-0.39, 0.29) is 11.9 Å². The molecule has 152 valence electrons. The Labute approximate surface area is 174 Å². The monoisotopic (exact) mass is 410 g/mol. The van der Waals surface area contributed by atoms with Gasteiger partial charge in [-0.3, -0.25) is 9.69 Å². The lowest BCUT2D eigenvalue weighted by Crippen LogP contribution is -2.43. The van der Waals surface area contributed by atoms with Crippen LogP contribution in [0.3, 0.4) is 0 Å². The Morgan fingerprint density at radius 3 is 2.83 bits per heavy atom. The van der Waals surface area contributed by atoms with E-state index >= 15 is 0 Å². The third-order valence-corrected chi connectivity index (χ3v) is 7.04. The Bertz CT molecular complexity index is 989. The van der Waals surface area contributed by atoms with Crippen molar-refractivity contribution < 1.29 is 13.9 Å². The predicted octanol–water partition coefficient (Wildman–Crippen LogP) is 3.72. The highest BCUT2D eigenvalue weighted by molar-refractivity contribution is 7.10. The van der Waals surface area contributed by atoms with Crippen LogP contribution in [0.5, 0.6) is 0 Å². The van der Waals surface area contributed by atoms with Crippen molar-refractivity contribution in [2.45, 2.75) is 31.7 Å². The van der Waals surface area contributed by atoms with Gasteiger partial charge in [-0.05, 0) is 54.0 Å². The standard InChI is InChI=1S/C23H26N2O3S/c26-23(13-18-15-28-21-12-17-4-1-3-16(17)11-19(18)21)24-14-20(22-5-2-10-29-22)25-6-8-27-9-7-25/h2,5,10-12,15,20H,1,3-4,6-9,13-14H2,(H,24,26)/t20-/m0/s1. The largest absolute Gasteiger partial charge is 0.464 e. The first-order chi connectivity index (χ1) is 14.3. The Morgan fingerprint density at radius 2 is 2.03 bits per heavy atom. The average molecular weight is 411 g/mol. The summed E-state index contributed by atoms with van der Waals surface area (Å²) in [6.45, 7) is 3.92. The maximum absolute atomic E-state index is 12.8. The second-order valence-corrected chi connectivity index (χ2v) is 8.87. The van der Waals surface area contributed by atoms with Gasteiger partial charge < -0.3 is 14.5 Å². The molecule has 0 unspecified atom stereocenters. The van der Waals surface area contributed by atoms with Gasteiger partial charge in [0.1, 0.15) is 5.58 Å². The van der Waals surface area contributed by atoms with Crippen molar-refractivity contribution >= 4 is 28.2 Å². The van der Waals surface area contributed by atoms with Gasteiger partial charge in [0.05, 0.1) is 31.9 Å². The molecule has 1 aromatic carbocycles. The van der Waals surface area contributed by atoms with Crippen molar-refractivity contribution in [3.63, 3.8) is 0 Å². The first kappa shape index (κ1) is 18.9. The third kappa shape index (κ3) is 3.97. The first-order valence-electron chi connectivity index (χ1n) is 10.4. The number of rotatable bonds is 6. The van der Waals surface area contributed by atoms with Crippen LogP contribution in [-0.2, 0) is 28.8 Å². The van der Waals surface area contributed by atoms with Crippen molar-refractivity contribution in [2.75, 3.05) is 32.8 Å². The van der Waals surface area contributed by atoms with Crippen LogP contribution in [0.4, 0.5) is 0 Å². The second kappa shape index (κ2) is 8.30. The minimum Gasteiger partial charge on any atom is -0.464 e. The van der Waals surface area contributed by atoms with E-state index in [1.165, 1.54) is 22.4 Å². The van der Waals surface area contributed by atoms with E-state index in [2.05, 4.69) is 39.9 Å². The maximum atomic E-state index is 12.8. The highest BCUT2D eigenvalue weighted by Gasteiger charge is 2.24. The van der Waals surface area contributed by atoms with Gasteiger partial charge in [0.2, 0.25) is 5.91 Å². The Morgan fingerprint density at radius 1 is 1.21 bits per heavy atom. The fraction of sp³-hybridized carbons (Fsp3) is 0.435. The summed E-state index contributed by atoms with van der Waals surface area (Å²) in [6, 6.07) is 8.81. The molecular weight excluding hydrogens is 384 g/mol. The molecule has 2 aliphatic rings. The smallest absolute Gasteiger partial charge is 0.224 e. The Hall–Kier alpha value is -2.15. The summed E-state index contributed by atoms with van der Waals surface area (Å²) in [5.74, 6) is 0.0445. The molecule has 2 aromatic heterocycles. The molecule has 0 saturated carbocycles. The van der Waals surface area contributed by atoms with Gasteiger partial charge in [-0.15, -0.1) is 11.3 Å². The third-order valence-electron chi connectivity index (χ3n) is 6.07. The molecule has 29 heavy (non-hydrogen) atoms. The molecule has 1 saturated heterocycles. The van der Waals surface area contributed by atoms with E-state index in [1.54, 1.807) is 17.6 Å². The summed E-state index contributed by atoms with van der Waals surface area (Å²) in [5, 5.41) is 6.35. The normalized spacial score (nSPS) is 18.1. The zero-order valence-corrected chi connectivity index (χ0v) is 17.3. The second-order valence-electron chi connectivity index (χ2n) is 7.89. The van der Waals surface area contributed by atoms with Crippen molar-refractivity contribution in [3.05, 3.63) is 57.5 Å². The zero-order chi connectivity index (χ0) is 19.6. The van der Waals surface area contributed by atoms with Crippen molar-refractivity contribution in [3.8, 4) is 0 Å². The van der Waals surface area contributed by atoms with Crippen molar-refractivity contribution in [1.29, 1.82) is 0 Å². The molecule has 1 N–H and O–H groups in total. The minimum atomic E-state index is 0.0445. The predicted molar refractivity (Wildman–Crippen MR) is 114 cm³/mol. The molecule has 0 bridgehead atoms. The topological polar surface area (TPSA) is 54.7 Å². The SMILES string of the molecule is O=C(Cc1coc2cc3c(cc12)CCC3)NC[C@@H](c1cccs1)N1CCOCC1. The molecule has 1 atom stereocenters. The van der Waals surface area contributed by atoms with Crippen LogP contribution in [-0.4, -0.2) is 43.7 Å². The van der Waals surface area contributed by atoms with Gasteiger partial charge in [0.25, 0.3) is 0 Å². The van der Waals surface area contributed by atoms with Crippen molar-refractivity contribution in [2.24, 2.45) is 0 Å². The van der Waals surface area contributed by atoms with E-state index in [0.29, 0.717) is 13.0 Å². The van der Waals surface area contributed by atoms with Gasteiger partial charge in [-0.1, -0.05) is 6.07 Å². The number of hydrogen-bond donors (Lipinski definition) is 1. The molecule has 0 spiro atoms. The summed E-state index contributed by atoms with van der Waals surface area (Å²) in [5.41, 5.74) is 4.68. The Balaban J connectivity index is 1.27. The Kier molecular flexibility index (Phi) is 5.40. The lowest BCUT2D eigenvalue weighted by atomic mass is 10.0. The molecule has 6 heteroatoms. The molecule has 3 aromatic rings. The molecule has 5 nitrogen and oxygen atoms in total. The van der Waals surface area contributed by atoms with Crippen LogP contribution >= 0.6 is 11.3 Å². The number of ether oxygens (including phenoxy) is 1. The highest BCUT2D eigenvalue weighted by Crippen LogP contribution is 2.31. The van der Waals surface area contributed by atoms with Crippen LogP contribution in [0.1, 0.15) is 34.0 Å². The van der Waals surface area contributed by atoms with E-state index < -0.39 is 0 Å². The summed E-state index contributed by atoms with van der Waals surface area (Å²) < 4.78 is 11.3. The van der Waals surface area contributed by atoms with Gasteiger partial charge in [-0.2, -0.15) is 0 Å². The quantitative estimate of drug-likeness (QED) is 0.673. The number of morpholine rings is 1. The molecule has 5 rings (SSSR count). The lowest BCUT2D eigenvalue weighted by Gasteiger charge is -2.34. The zero-order valence-electron chi connectivity index (χ0n) is 16.5. The van der Waals surface area contributed by atoms with Crippen LogP contribution in [0.2, 0.25) is 0 Å². The first-order valence-corrected chi connectivity index (χ1v) is 11.3. The molecule has 0 radical (unpaired) electrons. The summed E-state index contributed by atoms with van der Waals surface area (Å²) >= 11 is 1.75. The number of aryl methyl sites for hydroxylation is 2. The molecule has 3 heterocycles. The van der Waals surface area contributed by atoms with Gasteiger partial charge in [-0.25, -0.2) is 0 Å². The number of benzene rings is 1. The van der Waals surface area contributed by atoms with Crippen LogP contribution in [0.25, 0.3) is 11.0 Å². The van der Waals surface area contributed by atoms with Gasteiger partial charge >= 0.3 is 0 Å². The summed E-state index contributed by atoms with van der Waals surface area (Å²) in [4.78, 5) is 16.4. The molecule has 1 aliphatic carbocycles. The van der Waals surface area contributed by atoms with Crippen LogP contribution in [0, 0.1) is 0 Å². The van der Waals surface area contributed by atoms with Gasteiger partial charge in [0, 0.05) is 35.5 Å². The number of carbonyl (C=O) groups is 1. The van der Waals surface area contributed by atoms with Crippen molar-refractivity contribution in [1.82, 2.24) is 10.2 Å². The van der Waals surface area contributed by atoms with Crippen LogP contribution < -0.4 is 5.32 Å². The molecule has 1 aliphatic heterocycles.